The highest BCUT2D eigenvalue weighted by atomic mass is 16.2. The van der Waals surface area contributed by atoms with Gasteiger partial charge >= 0.3 is 6.03 Å². The predicted octanol–water partition coefficient (Wildman–Crippen LogP) is 3.34. The number of rotatable bonds is 6. The first-order chi connectivity index (χ1) is 14.2. The predicted molar refractivity (Wildman–Crippen MR) is 116 cm³/mol. The Hall–Kier alpha value is -3.32. The van der Waals surface area contributed by atoms with Crippen LogP contribution in [0.4, 0.5) is 16.3 Å². The van der Waals surface area contributed by atoms with E-state index < -0.39 is 0 Å². The van der Waals surface area contributed by atoms with E-state index in [0.717, 1.165) is 30.9 Å². The van der Waals surface area contributed by atoms with E-state index in [4.69, 9.17) is 5.73 Å². The lowest BCUT2D eigenvalue weighted by Gasteiger charge is -2.15. The monoisotopic (exact) mass is 390 g/mol. The number of carbonyl (C=O) groups is 1. The minimum Gasteiger partial charge on any atom is -0.382 e. The zero-order chi connectivity index (χ0) is 20.1. The fraction of sp³-hybridized carbons (Fsp3) is 0.273. The second-order valence-corrected chi connectivity index (χ2v) is 7.15. The van der Waals surface area contributed by atoms with Gasteiger partial charge in [-0.2, -0.15) is 5.10 Å². The van der Waals surface area contributed by atoms with Crippen LogP contribution in [0.1, 0.15) is 12.8 Å². The van der Waals surface area contributed by atoms with E-state index in [1.807, 2.05) is 60.7 Å². The topological polar surface area (TPSA) is 88.2 Å². The molecule has 150 valence electrons. The molecule has 2 heterocycles. The van der Waals surface area contributed by atoms with E-state index in [1.54, 1.807) is 4.68 Å². The molecule has 0 bridgehead atoms. The molecule has 4 N–H and O–H groups in total. The first-order valence-corrected chi connectivity index (χ1v) is 9.99. The van der Waals surface area contributed by atoms with E-state index in [9.17, 15) is 4.79 Å². The Balaban J connectivity index is 1.55. The molecule has 7 nitrogen and oxygen atoms in total. The smallest absolute Gasteiger partial charge is 0.319 e. The van der Waals surface area contributed by atoms with Crippen molar-refractivity contribution in [2.45, 2.75) is 12.8 Å². The molecule has 7 heteroatoms. The van der Waals surface area contributed by atoms with E-state index in [2.05, 4.69) is 20.6 Å². The van der Waals surface area contributed by atoms with Crippen LogP contribution in [0.3, 0.4) is 0 Å². The normalized spacial score (nSPS) is 14.1. The van der Waals surface area contributed by atoms with Gasteiger partial charge in [-0.05, 0) is 38.1 Å². The number of anilines is 2. The van der Waals surface area contributed by atoms with Crippen molar-refractivity contribution in [2.75, 3.05) is 37.2 Å². The number of hydrogen-bond acceptors (Lipinski definition) is 4. The molecule has 4 rings (SSSR count). The van der Waals surface area contributed by atoms with Gasteiger partial charge in [0.15, 0.2) is 5.82 Å². The Kier molecular flexibility index (Phi) is 5.76. The molecule has 1 aromatic heterocycles. The Labute approximate surface area is 170 Å². The van der Waals surface area contributed by atoms with Gasteiger partial charge in [-0.1, -0.05) is 48.5 Å². The van der Waals surface area contributed by atoms with E-state index in [-0.39, 0.29) is 6.03 Å². The number of urea groups is 1. The van der Waals surface area contributed by atoms with Gasteiger partial charge in [0.1, 0.15) is 11.4 Å². The van der Waals surface area contributed by atoms with Crippen molar-refractivity contribution in [1.29, 1.82) is 0 Å². The van der Waals surface area contributed by atoms with Crippen LogP contribution in [0.5, 0.6) is 0 Å². The highest BCUT2D eigenvalue weighted by molar-refractivity contribution is 5.97. The molecule has 2 amide bonds. The SMILES string of the molecule is Nc1c(NC(=O)NCCN2CCCC2)c(-c2ccccc2)nn1-c1ccccc1. The third kappa shape index (κ3) is 4.41. The number of hydrogen-bond donors (Lipinski definition) is 3. The quantitative estimate of drug-likeness (QED) is 0.602. The standard InChI is InChI=1S/C22H26N6O/c23-21-20(25-22(29)24-13-16-27-14-7-8-15-27)19(17-9-3-1-4-10-17)26-28(21)18-11-5-2-6-12-18/h1-6,9-12H,7-8,13-16,23H2,(H2,24,25,29). The van der Waals surface area contributed by atoms with Crippen LogP contribution in [0, 0.1) is 0 Å². The molecule has 0 radical (unpaired) electrons. The summed E-state index contributed by atoms with van der Waals surface area (Å²) in [4.78, 5) is 14.9. The maximum Gasteiger partial charge on any atom is 0.319 e. The van der Waals surface area contributed by atoms with Crippen LogP contribution >= 0.6 is 0 Å². The van der Waals surface area contributed by atoms with E-state index >= 15 is 0 Å². The summed E-state index contributed by atoms with van der Waals surface area (Å²) in [5.74, 6) is 0.393. The zero-order valence-electron chi connectivity index (χ0n) is 16.3. The summed E-state index contributed by atoms with van der Waals surface area (Å²) in [6, 6.07) is 19.1. The molecular weight excluding hydrogens is 364 g/mol. The number of nitrogens with zero attached hydrogens (tertiary/aromatic N) is 3. The number of carbonyl (C=O) groups excluding carboxylic acids is 1. The summed E-state index contributed by atoms with van der Waals surface area (Å²) in [6.07, 6.45) is 2.48. The van der Waals surface area contributed by atoms with Gasteiger partial charge in [0, 0.05) is 18.7 Å². The minimum absolute atomic E-state index is 0.277. The second kappa shape index (κ2) is 8.79. The van der Waals surface area contributed by atoms with Crippen molar-refractivity contribution in [3.63, 3.8) is 0 Å². The maximum absolute atomic E-state index is 12.5. The summed E-state index contributed by atoms with van der Waals surface area (Å²) < 4.78 is 1.65. The molecule has 29 heavy (non-hydrogen) atoms. The number of likely N-dealkylation sites (tertiary alicyclic amines) is 1. The fourth-order valence-electron chi connectivity index (χ4n) is 3.61. The molecule has 1 fully saturated rings. The van der Waals surface area contributed by atoms with Crippen LogP contribution in [0.25, 0.3) is 16.9 Å². The molecule has 0 saturated carbocycles. The Morgan fingerprint density at radius 3 is 2.34 bits per heavy atom. The van der Waals surface area contributed by atoms with Gasteiger partial charge in [-0.3, -0.25) is 0 Å². The van der Waals surface area contributed by atoms with Crippen LogP contribution < -0.4 is 16.4 Å². The summed E-state index contributed by atoms with van der Waals surface area (Å²) in [7, 11) is 0. The van der Waals surface area contributed by atoms with E-state index in [0.29, 0.717) is 23.7 Å². The molecule has 2 aromatic carbocycles. The molecule has 1 aliphatic rings. The Bertz CT molecular complexity index is 948. The van der Waals surface area contributed by atoms with Gasteiger partial charge in [-0.15, -0.1) is 0 Å². The molecule has 0 spiro atoms. The summed E-state index contributed by atoms with van der Waals surface area (Å²) in [5.41, 5.74) is 9.28. The summed E-state index contributed by atoms with van der Waals surface area (Å²) in [6.45, 7) is 3.67. The van der Waals surface area contributed by atoms with Gasteiger partial charge in [0.05, 0.1) is 5.69 Å². The van der Waals surface area contributed by atoms with Gasteiger partial charge < -0.3 is 21.3 Å². The molecule has 0 atom stereocenters. The third-order valence-corrected chi connectivity index (χ3v) is 5.12. The second-order valence-electron chi connectivity index (χ2n) is 7.15. The van der Waals surface area contributed by atoms with Crippen molar-refractivity contribution < 1.29 is 4.79 Å². The average molecular weight is 390 g/mol. The summed E-state index contributed by atoms with van der Waals surface area (Å²) >= 11 is 0. The largest absolute Gasteiger partial charge is 0.382 e. The lowest BCUT2D eigenvalue weighted by molar-refractivity contribution is 0.249. The first kappa shape index (κ1) is 19.0. The van der Waals surface area contributed by atoms with E-state index in [1.165, 1.54) is 12.8 Å². The molecule has 1 saturated heterocycles. The average Bonchev–Trinajstić information content (AvgIpc) is 3.38. The van der Waals surface area contributed by atoms with Gasteiger partial charge in [0.25, 0.3) is 0 Å². The number of para-hydroxylation sites is 1. The maximum atomic E-state index is 12.5. The summed E-state index contributed by atoms with van der Waals surface area (Å²) in [5, 5.41) is 10.5. The molecule has 3 aromatic rings. The van der Waals surface area contributed by atoms with Crippen molar-refractivity contribution in [1.82, 2.24) is 20.0 Å². The lowest BCUT2D eigenvalue weighted by Crippen LogP contribution is -2.36. The third-order valence-electron chi connectivity index (χ3n) is 5.12. The minimum atomic E-state index is -0.277. The highest BCUT2D eigenvalue weighted by Gasteiger charge is 2.20. The van der Waals surface area contributed by atoms with Crippen LogP contribution in [-0.2, 0) is 0 Å². The number of amides is 2. The van der Waals surface area contributed by atoms with Gasteiger partial charge in [0.2, 0.25) is 0 Å². The number of nitrogens with one attached hydrogen (secondary N) is 2. The molecule has 0 unspecified atom stereocenters. The van der Waals surface area contributed by atoms with Crippen LogP contribution in [0.2, 0.25) is 0 Å². The van der Waals surface area contributed by atoms with Crippen molar-refractivity contribution in [2.24, 2.45) is 0 Å². The Morgan fingerprint density at radius 1 is 1.00 bits per heavy atom. The van der Waals surface area contributed by atoms with Gasteiger partial charge in [-0.25, -0.2) is 9.48 Å². The molecule has 1 aliphatic heterocycles. The molecular formula is C22H26N6O. The van der Waals surface area contributed by atoms with Crippen LogP contribution in [0.15, 0.2) is 60.7 Å². The van der Waals surface area contributed by atoms with Crippen LogP contribution in [-0.4, -0.2) is 46.9 Å². The first-order valence-electron chi connectivity index (χ1n) is 9.99. The fourth-order valence-corrected chi connectivity index (χ4v) is 3.61. The number of nitrogens with two attached hydrogens (primary N) is 1. The number of aromatic nitrogens is 2. The highest BCUT2D eigenvalue weighted by Crippen LogP contribution is 2.33. The molecule has 0 aliphatic carbocycles. The lowest BCUT2D eigenvalue weighted by atomic mass is 10.1. The van der Waals surface area contributed by atoms with Crippen molar-refractivity contribution in [3.05, 3.63) is 60.7 Å². The van der Waals surface area contributed by atoms with Crippen molar-refractivity contribution >= 4 is 17.5 Å². The Morgan fingerprint density at radius 2 is 1.66 bits per heavy atom. The zero-order valence-corrected chi connectivity index (χ0v) is 16.3. The van der Waals surface area contributed by atoms with Crippen molar-refractivity contribution in [3.8, 4) is 16.9 Å². The number of benzene rings is 2. The number of nitrogen functional groups attached to an aromatic ring is 1.